The van der Waals surface area contributed by atoms with Crippen molar-refractivity contribution in [2.75, 3.05) is 11.9 Å². The maximum atomic E-state index is 9.21. The Balaban J connectivity index is 1.96. The number of hydrogen-bond donors (Lipinski definition) is 2. The van der Waals surface area contributed by atoms with Gasteiger partial charge in [0.2, 0.25) is 0 Å². The molecule has 1 unspecified atom stereocenters. The van der Waals surface area contributed by atoms with Gasteiger partial charge >= 0.3 is 0 Å². The van der Waals surface area contributed by atoms with Crippen molar-refractivity contribution in [2.45, 2.75) is 44.6 Å². The third-order valence-corrected chi connectivity index (χ3v) is 3.78. The molecule has 94 valence electrons. The summed E-state index contributed by atoms with van der Waals surface area (Å²) in [5.41, 5.74) is 1.18. The minimum absolute atomic E-state index is 0.279. The van der Waals surface area contributed by atoms with Crippen LogP contribution in [0.3, 0.4) is 0 Å². The molecule has 1 aromatic rings. The van der Waals surface area contributed by atoms with Gasteiger partial charge < -0.3 is 10.4 Å². The van der Waals surface area contributed by atoms with Crippen LogP contribution in [0.5, 0.6) is 0 Å². The summed E-state index contributed by atoms with van der Waals surface area (Å²) in [6.45, 7) is 0.279. The molecule has 2 heteroatoms. The van der Waals surface area contributed by atoms with E-state index >= 15 is 0 Å². The predicted octanol–water partition coefficient (Wildman–Crippen LogP) is 3.43. The van der Waals surface area contributed by atoms with E-state index in [0.29, 0.717) is 6.04 Å². The van der Waals surface area contributed by atoms with Gasteiger partial charge in [0.05, 0.1) is 0 Å². The van der Waals surface area contributed by atoms with Crippen molar-refractivity contribution in [3.63, 3.8) is 0 Å². The quantitative estimate of drug-likeness (QED) is 0.816. The van der Waals surface area contributed by atoms with E-state index in [9.17, 15) is 5.11 Å². The number of aliphatic hydroxyl groups is 1. The van der Waals surface area contributed by atoms with Crippen molar-refractivity contribution >= 4 is 5.69 Å². The molecular formula is C15H23NO. The summed E-state index contributed by atoms with van der Waals surface area (Å²) in [4.78, 5) is 0. The van der Waals surface area contributed by atoms with Crippen LogP contribution in [0.1, 0.15) is 38.5 Å². The van der Waals surface area contributed by atoms with Gasteiger partial charge in [-0.1, -0.05) is 37.5 Å². The molecule has 2 N–H and O–H groups in total. The monoisotopic (exact) mass is 233 g/mol. The smallest absolute Gasteiger partial charge is 0.0450 e. The maximum absolute atomic E-state index is 9.21. The Kier molecular flexibility index (Phi) is 4.87. The molecule has 0 saturated heterocycles. The first-order valence-corrected chi connectivity index (χ1v) is 6.82. The largest absolute Gasteiger partial charge is 0.396 e. The van der Waals surface area contributed by atoms with Gasteiger partial charge in [-0.15, -0.1) is 0 Å². The summed E-state index contributed by atoms with van der Waals surface area (Å²) in [6.07, 6.45) is 7.56. The van der Waals surface area contributed by atoms with Gasteiger partial charge in [-0.05, 0) is 37.3 Å². The summed E-state index contributed by atoms with van der Waals surface area (Å²) in [5, 5.41) is 12.8. The zero-order valence-corrected chi connectivity index (χ0v) is 10.4. The van der Waals surface area contributed by atoms with Gasteiger partial charge in [-0.3, -0.25) is 0 Å². The fourth-order valence-corrected chi connectivity index (χ4v) is 2.85. The van der Waals surface area contributed by atoms with E-state index in [1.165, 1.54) is 37.8 Å². The van der Waals surface area contributed by atoms with Crippen molar-refractivity contribution in [3.8, 4) is 0 Å². The highest BCUT2D eigenvalue weighted by molar-refractivity contribution is 5.43. The summed E-state index contributed by atoms with van der Waals surface area (Å²) in [5.74, 6) is 0.733. The molecular weight excluding hydrogens is 210 g/mol. The van der Waals surface area contributed by atoms with Crippen LogP contribution in [0.25, 0.3) is 0 Å². The zero-order chi connectivity index (χ0) is 11.9. The lowest BCUT2D eigenvalue weighted by Crippen LogP contribution is -2.31. The van der Waals surface area contributed by atoms with Crippen LogP contribution in [0.4, 0.5) is 5.69 Å². The normalized spacial score (nSPS) is 18.9. The number of hydrogen-bond acceptors (Lipinski definition) is 2. The van der Waals surface area contributed by atoms with Crippen molar-refractivity contribution < 1.29 is 5.11 Å². The topological polar surface area (TPSA) is 32.3 Å². The van der Waals surface area contributed by atoms with Crippen LogP contribution in [0, 0.1) is 5.92 Å². The maximum Gasteiger partial charge on any atom is 0.0450 e. The first-order valence-electron chi connectivity index (χ1n) is 6.82. The fraction of sp³-hybridized carbons (Fsp3) is 0.600. The summed E-state index contributed by atoms with van der Waals surface area (Å²) in [7, 11) is 0. The van der Waals surface area contributed by atoms with Crippen LogP contribution in [0.15, 0.2) is 30.3 Å². The van der Waals surface area contributed by atoms with Gasteiger partial charge in [0.15, 0.2) is 0 Å². The number of nitrogens with one attached hydrogen (secondary N) is 1. The number of anilines is 1. The van der Waals surface area contributed by atoms with Crippen LogP contribution < -0.4 is 5.32 Å². The summed E-state index contributed by atoms with van der Waals surface area (Å²) in [6, 6.07) is 10.8. The van der Waals surface area contributed by atoms with Gasteiger partial charge in [0, 0.05) is 18.3 Å². The summed E-state index contributed by atoms with van der Waals surface area (Å²) < 4.78 is 0. The number of aliphatic hydroxyl groups excluding tert-OH is 1. The van der Waals surface area contributed by atoms with Crippen LogP contribution in [-0.2, 0) is 0 Å². The molecule has 2 nitrogen and oxygen atoms in total. The van der Waals surface area contributed by atoms with Crippen LogP contribution in [0.2, 0.25) is 0 Å². The molecule has 0 heterocycles. The summed E-state index contributed by atoms with van der Waals surface area (Å²) >= 11 is 0. The molecule has 0 aliphatic heterocycles. The van der Waals surface area contributed by atoms with Gasteiger partial charge in [0.1, 0.15) is 0 Å². The number of benzene rings is 1. The Morgan fingerprint density at radius 3 is 2.47 bits per heavy atom. The third kappa shape index (κ3) is 3.74. The fourth-order valence-electron chi connectivity index (χ4n) is 2.85. The lowest BCUT2D eigenvalue weighted by Gasteiger charge is -2.31. The van der Waals surface area contributed by atoms with Crippen LogP contribution >= 0.6 is 0 Å². The van der Waals surface area contributed by atoms with E-state index in [0.717, 1.165) is 12.3 Å². The highest BCUT2D eigenvalue weighted by Gasteiger charge is 2.22. The lowest BCUT2D eigenvalue weighted by atomic mass is 9.82. The minimum Gasteiger partial charge on any atom is -0.396 e. The molecule has 1 fully saturated rings. The molecule has 0 aromatic heterocycles. The highest BCUT2D eigenvalue weighted by atomic mass is 16.3. The predicted molar refractivity (Wildman–Crippen MR) is 72.1 cm³/mol. The highest BCUT2D eigenvalue weighted by Crippen LogP contribution is 2.29. The molecule has 17 heavy (non-hydrogen) atoms. The van der Waals surface area contributed by atoms with Crippen molar-refractivity contribution in [3.05, 3.63) is 30.3 Å². The lowest BCUT2D eigenvalue weighted by molar-refractivity contribution is 0.239. The first-order chi connectivity index (χ1) is 8.40. The Bertz CT molecular complexity index is 306. The molecule has 0 amide bonds. The van der Waals surface area contributed by atoms with E-state index in [4.69, 9.17) is 0 Å². The second-order valence-electron chi connectivity index (χ2n) is 5.03. The standard InChI is InChI=1S/C15H23NO/c17-12-11-15(13-7-3-1-4-8-13)16-14-9-5-2-6-10-14/h2,5-6,9-10,13,15-17H,1,3-4,7-8,11-12H2. The molecule has 1 atom stereocenters. The Labute approximate surface area is 104 Å². The molecule has 0 spiro atoms. The molecule has 1 aromatic carbocycles. The second kappa shape index (κ2) is 6.65. The molecule has 0 radical (unpaired) electrons. The number of rotatable bonds is 5. The second-order valence-corrected chi connectivity index (χ2v) is 5.03. The zero-order valence-electron chi connectivity index (χ0n) is 10.4. The van der Waals surface area contributed by atoms with Gasteiger partial charge in [0.25, 0.3) is 0 Å². The SMILES string of the molecule is OCCC(Nc1ccccc1)C1CCCCC1. The van der Waals surface area contributed by atoms with Crippen molar-refractivity contribution in [1.82, 2.24) is 0 Å². The van der Waals surface area contributed by atoms with Crippen molar-refractivity contribution in [1.29, 1.82) is 0 Å². The molecule has 2 rings (SSSR count). The van der Waals surface area contributed by atoms with Crippen LogP contribution in [-0.4, -0.2) is 17.8 Å². The average Bonchev–Trinajstić information content (AvgIpc) is 2.40. The van der Waals surface area contributed by atoms with Gasteiger partial charge in [-0.25, -0.2) is 0 Å². The van der Waals surface area contributed by atoms with E-state index < -0.39 is 0 Å². The van der Waals surface area contributed by atoms with E-state index in [1.807, 2.05) is 6.07 Å². The first kappa shape index (κ1) is 12.4. The molecule has 1 saturated carbocycles. The minimum atomic E-state index is 0.279. The van der Waals surface area contributed by atoms with E-state index in [-0.39, 0.29) is 6.61 Å². The van der Waals surface area contributed by atoms with Crippen molar-refractivity contribution in [2.24, 2.45) is 5.92 Å². The third-order valence-electron chi connectivity index (χ3n) is 3.78. The van der Waals surface area contributed by atoms with E-state index in [2.05, 4.69) is 29.6 Å². The Morgan fingerprint density at radius 1 is 1.12 bits per heavy atom. The Hall–Kier alpha value is -1.02. The average molecular weight is 233 g/mol. The molecule has 1 aliphatic carbocycles. The molecule has 0 bridgehead atoms. The van der Waals surface area contributed by atoms with E-state index in [1.54, 1.807) is 0 Å². The Morgan fingerprint density at radius 2 is 1.82 bits per heavy atom. The molecule has 1 aliphatic rings. The van der Waals surface area contributed by atoms with Gasteiger partial charge in [-0.2, -0.15) is 0 Å². The number of para-hydroxylation sites is 1.